The first-order valence-corrected chi connectivity index (χ1v) is 10.1. The van der Waals surface area contributed by atoms with Gasteiger partial charge in [0.1, 0.15) is 12.3 Å². The van der Waals surface area contributed by atoms with E-state index in [2.05, 4.69) is 20.4 Å². The average molecular weight is 405 g/mol. The first kappa shape index (κ1) is 20.0. The third-order valence-corrected chi connectivity index (χ3v) is 4.98. The van der Waals surface area contributed by atoms with Crippen molar-refractivity contribution in [3.63, 3.8) is 0 Å². The Morgan fingerprint density at radius 1 is 1.14 bits per heavy atom. The number of carbonyl (C=O) groups is 2. The van der Waals surface area contributed by atoms with Crippen LogP contribution in [0.3, 0.4) is 0 Å². The molecule has 1 aromatic carbocycles. The van der Waals surface area contributed by atoms with E-state index >= 15 is 0 Å². The molecule has 0 bridgehead atoms. The Labute approximate surface area is 167 Å². The minimum absolute atomic E-state index is 0.128. The lowest BCUT2D eigenvalue weighted by Gasteiger charge is -2.15. The molecule has 0 saturated heterocycles. The molecule has 3 rings (SSSR count). The molecule has 0 unspecified atom stereocenters. The molecule has 0 fully saturated rings. The first-order valence-electron chi connectivity index (χ1n) is 9.11. The fraction of sp³-hybridized carbons (Fsp3) is 0.444. The van der Waals surface area contributed by atoms with Crippen molar-refractivity contribution in [2.24, 2.45) is 0 Å². The lowest BCUT2D eigenvalue weighted by Crippen LogP contribution is -2.31. The van der Waals surface area contributed by atoms with Crippen LogP contribution in [0.4, 0.5) is 11.6 Å². The van der Waals surface area contributed by atoms with Gasteiger partial charge in [0.15, 0.2) is 5.16 Å². The number of ether oxygens (including phenoxy) is 2. The molecule has 0 aliphatic carbocycles. The summed E-state index contributed by atoms with van der Waals surface area (Å²) in [6.07, 6.45) is 0. The number of nitrogens with one attached hydrogen (secondary N) is 1. The predicted molar refractivity (Wildman–Crippen MR) is 105 cm³/mol. The predicted octanol–water partition coefficient (Wildman–Crippen LogP) is 1.60. The van der Waals surface area contributed by atoms with E-state index in [0.29, 0.717) is 18.4 Å². The monoisotopic (exact) mass is 405 g/mol. The van der Waals surface area contributed by atoms with Crippen LogP contribution in [-0.4, -0.2) is 58.7 Å². The number of benzene rings is 1. The van der Waals surface area contributed by atoms with Gasteiger partial charge in [-0.05, 0) is 38.1 Å². The summed E-state index contributed by atoms with van der Waals surface area (Å²) in [7, 11) is 0. The highest BCUT2D eigenvalue weighted by molar-refractivity contribution is 7.99. The van der Waals surface area contributed by atoms with Gasteiger partial charge in [-0.25, -0.2) is 0 Å². The molecule has 0 atom stereocenters. The number of anilines is 2. The largest absolute Gasteiger partial charge is 0.494 e. The van der Waals surface area contributed by atoms with E-state index in [9.17, 15) is 9.59 Å². The van der Waals surface area contributed by atoms with Gasteiger partial charge in [0.05, 0.1) is 19.0 Å². The SMILES string of the molecule is CCOC(=O)CNC(=O)CSc1nnc2n1CCN2c1ccc(OCC)cc1. The molecule has 1 aliphatic rings. The van der Waals surface area contributed by atoms with Gasteiger partial charge < -0.3 is 19.7 Å². The van der Waals surface area contributed by atoms with E-state index in [1.165, 1.54) is 11.8 Å². The van der Waals surface area contributed by atoms with Crippen LogP contribution in [0.1, 0.15) is 13.8 Å². The third-order valence-electron chi connectivity index (χ3n) is 4.01. The molecule has 0 saturated carbocycles. The van der Waals surface area contributed by atoms with Crippen molar-refractivity contribution in [1.29, 1.82) is 0 Å². The summed E-state index contributed by atoms with van der Waals surface area (Å²) in [5.74, 6) is 1.03. The van der Waals surface area contributed by atoms with Gasteiger partial charge in [-0.3, -0.25) is 14.2 Å². The van der Waals surface area contributed by atoms with E-state index in [-0.39, 0.29) is 18.2 Å². The number of amides is 1. The van der Waals surface area contributed by atoms with Crippen molar-refractivity contribution in [2.75, 3.05) is 37.0 Å². The number of nitrogens with zero attached hydrogens (tertiary/aromatic N) is 4. The van der Waals surface area contributed by atoms with Crippen LogP contribution in [0.25, 0.3) is 0 Å². The molecule has 1 aliphatic heterocycles. The van der Waals surface area contributed by atoms with Crippen molar-refractivity contribution >= 4 is 35.3 Å². The molecule has 0 radical (unpaired) electrons. The molecule has 1 aromatic heterocycles. The second-order valence-corrected chi connectivity index (χ2v) is 6.83. The van der Waals surface area contributed by atoms with Gasteiger partial charge in [0, 0.05) is 18.8 Å². The molecular formula is C18H23N5O4S. The van der Waals surface area contributed by atoms with Crippen LogP contribution < -0.4 is 15.0 Å². The summed E-state index contributed by atoms with van der Waals surface area (Å²) >= 11 is 1.29. The normalized spacial score (nSPS) is 12.6. The Kier molecular flexibility index (Phi) is 6.75. The Morgan fingerprint density at radius 3 is 2.64 bits per heavy atom. The molecule has 2 heterocycles. The fourth-order valence-corrected chi connectivity index (χ4v) is 3.57. The smallest absolute Gasteiger partial charge is 0.325 e. The Morgan fingerprint density at radius 2 is 1.93 bits per heavy atom. The molecule has 150 valence electrons. The average Bonchev–Trinajstić information content (AvgIpc) is 3.28. The molecule has 28 heavy (non-hydrogen) atoms. The van der Waals surface area contributed by atoms with Gasteiger partial charge >= 0.3 is 5.97 Å². The molecule has 2 aromatic rings. The van der Waals surface area contributed by atoms with Crippen molar-refractivity contribution in [3.05, 3.63) is 24.3 Å². The van der Waals surface area contributed by atoms with E-state index < -0.39 is 5.97 Å². The molecule has 9 nitrogen and oxygen atoms in total. The standard InChI is InChI=1S/C18H23N5O4S/c1-3-26-14-7-5-13(6-8-14)22-9-10-23-17(22)20-21-18(23)28-12-15(24)19-11-16(25)27-4-2/h5-8H,3-4,9-12H2,1-2H3,(H,19,24). The number of rotatable bonds is 9. The molecule has 1 amide bonds. The minimum Gasteiger partial charge on any atom is -0.494 e. The number of esters is 1. The Balaban J connectivity index is 1.57. The van der Waals surface area contributed by atoms with E-state index in [1.807, 2.05) is 35.8 Å². The summed E-state index contributed by atoms with van der Waals surface area (Å²) in [6.45, 7) is 5.98. The van der Waals surface area contributed by atoms with Crippen LogP contribution in [0.15, 0.2) is 29.4 Å². The zero-order valence-electron chi connectivity index (χ0n) is 15.9. The number of carbonyl (C=O) groups excluding carboxylic acids is 2. The van der Waals surface area contributed by atoms with E-state index in [1.54, 1.807) is 6.92 Å². The zero-order valence-corrected chi connectivity index (χ0v) is 16.7. The van der Waals surface area contributed by atoms with Gasteiger partial charge in [-0.15, -0.1) is 10.2 Å². The van der Waals surface area contributed by atoms with E-state index in [4.69, 9.17) is 9.47 Å². The summed E-state index contributed by atoms with van der Waals surface area (Å²) in [5, 5.41) is 11.7. The van der Waals surface area contributed by atoms with Crippen LogP contribution >= 0.6 is 11.8 Å². The first-order chi connectivity index (χ1) is 13.6. The molecule has 1 N–H and O–H groups in total. The molecular weight excluding hydrogens is 382 g/mol. The van der Waals surface area contributed by atoms with Crippen LogP contribution in [0.2, 0.25) is 0 Å². The lowest BCUT2D eigenvalue weighted by molar-refractivity contribution is -0.143. The second kappa shape index (κ2) is 9.45. The van der Waals surface area contributed by atoms with Crippen molar-refractivity contribution in [2.45, 2.75) is 25.5 Å². The maximum absolute atomic E-state index is 11.9. The van der Waals surface area contributed by atoms with Gasteiger partial charge in [0.2, 0.25) is 11.9 Å². The second-order valence-electron chi connectivity index (χ2n) is 5.88. The number of hydrogen-bond donors (Lipinski definition) is 1. The van der Waals surface area contributed by atoms with E-state index in [0.717, 1.165) is 30.5 Å². The fourth-order valence-electron chi connectivity index (χ4n) is 2.78. The van der Waals surface area contributed by atoms with Gasteiger partial charge in [-0.2, -0.15) is 0 Å². The highest BCUT2D eigenvalue weighted by Crippen LogP contribution is 2.32. The topological polar surface area (TPSA) is 98.6 Å². The van der Waals surface area contributed by atoms with Gasteiger partial charge in [-0.1, -0.05) is 11.8 Å². The maximum Gasteiger partial charge on any atom is 0.325 e. The summed E-state index contributed by atoms with van der Waals surface area (Å²) in [5.41, 5.74) is 1.01. The van der Waals surface area contributed by atoms with Crippen molar-refractivity contribution in [1.82, 2.24) is 20.1 Å². The van der Waals surface area contributed by atoms with Crippen LogP contribution in [-0.2, 0) is 20.9 Å². The summed E-state index contributed by atoms with van der Waals surface area (Å²) < 4.78 is 12.2. The van der Waals surface area contributed by atoms with Crippen molar-refractivity contribution in [3.8, 4) is 5.75 Å². The van der Waals surface area contributed by atoms with Crippen molar-refractivity contribution < 1.29 is 19.1 Å². The molecule has 0 spiro atoms. The lowest BCUT2D eigenvalue weighted by atomic mass is 10.3. The Hall–Kier alpha value is -2.75. The highest BCUT2D eigenvalue weighted by Gasteiger charge is 2.26. The zero-order chi connectivity index (χ0) is 19.9. The number of thioether (sulfide) groups is 1. The van der Waals surface area contributed by atoms with Gasteiger partial charge in [0.25, 0.3) is 0 Å². The maximum atomic E-state index is 11.9. The Bertz CT molecular complexity index is 824. The number of hydrogen-bond acceptors (Lipinski definition) is 8. The summed E-state index contributed by atoms with van der Waals surface area (Å²) in [4.78, 5) is 25.3. The number of fused-ring (bicyclic) bond motifs is 1. The molecule has 10 heteroatoms. The third kappa shape index (κ3) is 4.75. The minimum atomic E-state index is -0.449. The van der Waals surface area contributed by atoms with Crippen LogP contribution in [0, 0.1) is 0 Å². The quantitative estimate of drug-likeness (QED) is 0.496. The van der Waals surface area contributed by atoms with Crippen LogP contribution in [0.5, 0.6) is 5.75 Å². The highest BCUT2D eigenvalue weighted by atomic mass is 32.2. The number of aromatic nitrogens is 3. The summed E-state index contributed by atoms with van der Waals surface area (Å²) in [6, 6.07) is 7.85.